The zero-order chi connectivity index (χ0) is 13.8. The molecule has 1 N–H and O–H groups in total. The van der Waals surface area contributed by atoms with E-state index in [1.54, 1.807) is 0 Å². The summed E-state index contributed by atoms with van der Waals surface area (Å²) in [5.74, 6) is 0.133. The molecule has 1 aromatic carbocycles. The second-order valence-electron chi connectivity index (χ2n) is 5.24. The van der Waals surface area contributed by atoms with Crippen LogP contribution in [0.15, 0.2) is 24.3 Å². The van der Waals surface area contributed by atoms with Gasteiger partial charge in [-0.05, 0) is 39.3 Å². The number of hydrogen-bond donors (Lipinski definition) is 1. The molecule has 0 bridgehead atoms. The smallest absolute Gasteiger partial charge is 0.320 e. The van der Waals surface area contributed by atoms with Gasteiger partial charge >= 0.3 is 5.97 Å². The zero-order valence-corrected chi connectivity index (χ0v) is 12.7. The van der Waals surface area contributed by atoms with Crippen molar-refractivity contribution in [2.24, 2.45) is 0 Å². The lowest BCUT2D eigenvalue weighted by Gasteiger charge is -2.23. The number of aliphatic carboxylic acids is 1. The van der Waals surface area contributed by atoms with Gasteiger partial charge in [0.1, 0.15) is 11.8 Å². The number of benzene rings is 1. The van der Waals surface area contributed by atoms with Gasteiger partial charge in [0.25, 0.3) is 0 Å². The molecular weight excluding hydrogens is 278 g/mol. The highest BCUT2D eigenvalue weighted by Gasteiger charge is 2.30. The molecule has 0 saturated carbocycles. The van der Waals surface area contributed by atoms with E-state index in [0.717, 1.165) is 30.7 Å². The van der Waals surface area contributed by atoms with Gasteiger partial charge in [-0.25, -0.2) is 0 Å². The third-order valence-corrected chi connectivity index (χ3v) is 3.36. The van der Waals surface area contributed by atoms with Crippen LogP contribution < -0.4 is 4.74 Å². The van der Waals surface area contributed by atoms with Gasteiger partial charge in [0.05, 0.1) is 6.10 Å². The van der Waals surface area contributed by atoms with Crippen molar-refractivity contribution in [2.45, 2.75) is 45.4 Å². The fraction of sp³-hybridized carbons (Fsp3) is 0.533. The van der Waals surface area contributed by atoms with Crippen LogP contribution in [0.2, 0.25) is 0 Å². The molecule has 1 heterocycles. The van der Waals surface area contributed by atoms with E-state index in [1.807, 2.05) is 43.0 Å². The van der Waals surface area contributed by atoms with Crippen LogP contribution in [-0.2, 0) is 11.3 Å². The van der Waals surface area contributed by atoms with E-state index < -0.39 is 5.97 Å². The highest BCUT2D eigenvalue weighted by molar-refractivity contribution is 5.85. The van der Waals surface area contributed by atoms with E-state index >= 15 is 0 Å². The Labute approximate surface area is 126 Å². The molecule has 1 aliphatic rings. The molecule has 20 heavy (non-hydrogen) atoms. The molecule has 4 nitrogen and oxygen atoms in total. The largest absolute Gasteiger partial charge is 0.491 e. The van der Waals surface area contributed by atoms with Crippen LogP contribution in [0.25, 0.3) is 0 Å². The number of carboxylic acid groups (broad SMARTS) is 1. The standard InChI is InChI=1S/C15H21NO3.ClH/c1-11(2)19-14-8-4-3-6-12(14)10-16-9-5-7-13(16)15(17)18;/h3-4,6,8,11,13H,5,7,9-10H2,1-2H3,(H,17,18);1H/t13-;/m1./s1. The number of carboxylic acids is 1. The fourth-order valence-corrected chi connectivity index (χ4v) is 2.52. The average molecular weight is 300 g/mol. The molecule has 0 aromatic heterocycles. The zero-order valence-electron chi connectivity index (χ0n) is 11.9. The van der Waals surface area contributed by atoms with Crippen molar-refractivity contribution in [3.63, 3.8) is 0 Å². The molecule has 0 aliphatic carbocycles. The Morgan fingerprint density at radius 2 is 2.15 bits per heavy atom. The minimum Gasteiger partial charge on any atom is -0.491 e. The first kappa shape index (κ1) is 16.8. The molecule has 0 spiro atoms. The Balaban J connectivity index is 0.00000200. The molecule has 1 fully saturated rings. The number of halogens is 1. The molecule has 0 unspecified atom stereocenters. The van der Waals surface area contributed by atoms with E-state index in [-0.39, 0.29) is 24.6 Å². The average Bonchev–Trinajstić information content (AvgIpc) is 2.79. The highest BCUT2D eigenvalue weighted by Crippen LogP contribution is 2.25. The van der Waals surface area contributed by atoms with E-state index in [0.29, 0.717) is 6.54 Å². The Kier molecular flexibility index (Phi) is 6.30. The summed E-state index contributed by atoms with van der Waals surface area (Å²) in [6, 6.07) is 7.51. The Bertz CT molecular complexity index is 450. The van der Waals surface area contributed by atoms with Gasteiger partial charge in [-0.1, -0.05) is 18.2 Å². The van der Waals surface area contributed by atoms with Crippen molar-refractivity contribution in [1.82, 2.24) is 4.90 Å². The maximum absolute atomic E-state index is 11.2. The van der Waals surface area contributed by atoms with Gasteiger partial charge < -0.3 is 9.84 Å². The maximum Gasteiger partial charge on any atom is 0.320 e. The lowest BCUT2D eigenvalue weighted by molar-refractivity contribution is -0.142. The molecular formula is C15H22ClNO3. The summed E-state index contributed by atoms with van der Waals surface area (Å²) in [6.45, 7) is 5.46. The first-order valence-electron chi connectivity index (χ1n) is 6.79. The summed E-state index contributed by atoms with van der Waals surface area (Å²) in [6.07, 6.45) is 1.81. The SMILES string of the molecule is CC(C)Oc1ccccc1CN1CCC[C@@H]1C(=O)O.Cl. The van der Waals surface area contributed by atoms with Gasteiger partial charge in [0, 0.05) is 12.1 Å². The van der Waals surface area contributed by atoms with Crippen molar-refractivity contribution in [2.75, 3.05) is 6.54 Å². The second-order valence-corrected chi connectivity index (χ2v) is 5.24. The topological polar surface area (TPSA) is 49.8 Å². The van der Waals surface area contributed by atoms with Crippen LogP contribution in [0.4, 0.5) is 0 Å². The molecule has 5 heteroatoms. The normalized spacial score (nSPS) is 18.9. The van der Waals surface area contributed by atoms with Gasteiger partial charge in [-0.3, -0.25) is 9.69 Å². The van der Waals surface area contributed by atoms with Crippen molar-refractivity contribution >= 4 is 18.4 Å². The molecule has 1 atom stereocenters. The van der Waals surface area contributed by atoms with E-state index in [2.05, 4.69) is 0 Å². The first-order chi connectivity index (χ1) is 9.08. The van der Waals surface area contributed by atoms with Crippen LogP contribution >= 0.6 is 12.4 Å². The summed E-state index contributed by atoms with van der Waals surface area (Å²) in [7, 11) is 0. The second kappa shape index (κ2) is 7.50. The van der Waals surface area contributed by atoms with Crippen molar-refractivity contribution in [3.8, 4) is 5.75 Å². The van der Waals surface area contributed by atoms with Crippen LogP contribution in [0, 0.1) is 0 Å². The molecule has 1 saturated heterocycles. The Hall–Kier alpha value is -1.26. The van der Waals surface area contributed by atoms with E-state index in [1.165, 1.54) is 0 Å². The Morgan fingerprint density at radius 1 is 1.45 bits per heavy atom. The van der Waals surface area contributed by atoms with Gasteiger partial charge in [-0.2, -0.15) is 0 Å². The third-order valence-electron chi connectivity index (χ3n) is 3.36. The quantitative estimate of drug-likeness (QED) is 0.908. The number of carbonyl (C=O) groups is 1. The number of nitrogens with zero attached hydrogens (tertiary/aromatic N) is 1. The van der Waals surface area contributed by atoms with Gasteiger partial charge in [0.15, 0.2) is 0 Å². The summed E-state index contributed by atoms with van der Waals surface area (Å²) in [5, 5.41) is 9.20. The maximum atomic E-state index is 11.2. The predicted octanol–water partition coefficient (Wildman–Crippen LogP) is 2.94. The first-order valence-corrected chi connectivity index (χ1v) is 6.79. The lowest BCUT2D eigenvalue weighted by Crippen LogP contribution is -2.35. The molecule has 1 aromatic rings. The number of rotatable bonds is 5. The van der Waals surface area contributed by atoms with E-state index in [4.69, 9.17) is 4.74 Å². The number of likely N-dealkylation sites (tertiary alicyclic amines) is 1. The van der Waals surface area contributed by atoms with E-state index in [9.17, 15) is 9.90 Å². The van der Waals surface area contributed by atoms with Crippen LogP contribution in [0.1, 0.15) is 32.3 Å². The van der Waals surface area contributed by atoms with Crippen molar-refractivity contribution in [3.05, 3.63) is 29.8 Å². The Morgan fingerprint density at radius 3 is 2.80 bits per heavy atom. The monoisotopic (exact) mass is 299 g/mol. The van der Waals surface area contributed by atoms with Crippen molar-refractivity contribution < 1.29 is 14.6 Å². The predicted molar refractivity (Wildman–Crippen MR) is 80.5 cm³/mol. The van der Waals surface area contributed by atoms with Gasteiger partial charge in [-0.15, -0.1) is 12.4 Å². The van der Waals surface area contributed by atoms with Crippen LogP contribution in [0.5, 0.6) is 5.75 Å². The van der Waals surface area contributed by atoms with Gasteiger partial charge in [0.2, 0.25) is 0 Å². The lowest BCUT2D eigenvalue weighted by atomic mass is 10.1. The molecule has 0 radical (unpaired) electrons. The molecule has 2 rings (SSSR count). The van der Waals surface area contributed by atoms with Crippen LogP contribution in [-0.4, -0.2) is 34.7 Å². The molecule has 112 valence electrons. The number of hydrogen-bond acceptors (Lipinski definition) is 3. The van der Waals surface area contributed by atoms with Crippen molar-refractivity contribution in [1.29, 1.82) is 0 Å². The summed E-state index contributed by atoms with van der Waals surface area (Å²) in [5.41, 5.74) is 1.06. The number of para-hydroxylation sites is 1. The van der Waals surface area contributed by atoms with Crippen LogP contribution in [0.3, 0.4) is 0 Å². The number of ether oxygens (including phenoxy) is 1. The highest BCUT2D eigenvalue weighted by atomic mass is 35.5. The summed E-state index contributed by atoms with van der Waals surface area (Å²) in [4.78, 5) is 13.2. The fourth-order valence-electron chi connectivity index (χ4n) is 2.52. The summed E-state index contributed by atoms with van der Waals surface area (Å²) >= 11 is 0. The minimum absolute atomic E-state index is 0. The molecule has 1 aliphatic heterocycles. The molecule has 0 amide bonds. The minimum atomic E-state index is -0.722. The summed E-state index contributed by atoms with van der Waals surface area (Å²) < 4.78 is 5.78. The third kappa shape index (κ3) is 4.12.